The highest BCUT2D eigenvalue weighted by Gasteiger charge is 2.25. The van der Waals surface area contributed by atoms with Crippen LogP contribution in [0.2, 0.25) is 0 Å². The monoisotopic (exact) mass is 346 g/mol. The largest absolute Gasteiger partial charge is 0.491 e. The molecule has 5 nitrogen and oxygen atoms in total. The summed E-state index contributed by atoms with van der Waals surface area (Å²) in [6.45, 7) is 14.8. The number of fused-ring (bicyclic) bond motifs is 1. The van der Waals surface area contributed by atoms with Crippen molar-refractivity contribution in [2.75, 3.05) is 18.5 Å². The fourth-order valence-electron chi connectivity index (χ4n) is 2.13. The van der Waals surface area contributed by atoms with E-state index >= 15 is 0 Å². The van der Waals surface area contributed by atoms with Crippen molar-refractivity contribution in [1.29, 1.82) is 0 Å². The second-order valence-corrected chi connectivity index (χ2v) is 4.70. The van der Waals surface area contributed by atoms with Gasteiger partial charge in [-0.2, -0.15) is 0 Å². The molecule has 1 aliphatic heterocycles. The van der Waals surface area contributed by atoms with Gasteiger partial charge in [-0.15, -0.1) is 0 Å². The SMILES string of the molecule is C=C/C(=C\NCC)C(=O)Nc1ccc2c(c1)B(O)OCC2.CC.CC. The van der Waals surface area contributed by atoms with Crippen molar-refractivity contribution in [1.82, 2.24) is 5.32 Å². The van der Waals surface area contributed by atoms with Gasteiger partial charge in [0.25, 0.3) is 5.91 Å². The molecule has 0 bridgehead atoms. The standard InChI is InChI=1S/C15H19BN2O3.2C2H6/c1-3-11(10-17-4-2)15(19)18-13-6-5-12-7-8-21-16(20)14(12)9-13;2*1-2/h3,5-6,9-10,17,20H,1,4,7-8H2,2H3,(H,18,19);2*1-2H3/b11-10+;;. The maximum atomic E-state index is 12.1. The molecule has 0 fully saturated rings. The van der Waals surface area contributed by atoms with Gasteiger partial charge in [-0.25, -0.2) is 0 Å². The summed E-state index contributed by atoms with van der Waals surface area (Å²) >= 11 is 0. The zero-order chi connectivity index (χ0) is 19.2. The molecule has 0 spiro atoms. The average Bonchev–Trinajstić information content (AvgIpc) is 2.66. The fourth-order valence-corrected chi connectivity index (χ4v) is 2.13. The van der Waals surface area contributed by atoms with E-state index in [2.05, 4.69) is 17.2 Å². The van der Waals surface area contributed by atoms with Crippen LogP contribution in [0.15, 0.2) is 42.6 Å². The Balaban J connectivity index is 0.00000134. The van der Waals surface area contributed by atoms with Gasteiger partial charge in [0.2, 0.25) is 0 Å². The molecule has 1 aliphatic rings. The van der Waals surface area contributed by atoms with Crippen molar-refractivity contribution in [3.63, 3.8) is 0 Å². The molecule has 0 saturated heterocycles. The van der Waals surface area contributed by atoms with Crippen molar-refractivity contribution in [2.45, 2.75) is 41.0 Å². The minimum atomic E-state index is -0.929. The summed E-state index contributed by atoms with van der Waals surface area (Å²) in [6.07, 6.45) is 3.88. The number of amides is 1. The quantitative estimate of drug-likeness (QED) is 0.435. The molecule has 1 aromatic carbocycles. The van der Waals surface area contributed by atoms with Crippen LogP contribution in [0.25, 0.3) is 0 Å². The summed E-state index contributed by atoms with van der Waals surface area (Å²) < 4.78 is 5.19. The number of nitrogens with one attached hydrogen (secondary N) is 2. The van der Waals surface area contributed by atoms with Crippen molar-refractivity contribution < 1.29 is 14.5 Å². The molecule has 0 aromatic heterocycles. The van der Waals surface area contributed by atoms with Gasteiger partial charge < -0.3 is 20.3 Å². The molecule has 6 heteroatoms. The van der Waals surface area contributed by atoms with Gasteiger partial charge in [0.1, 0.15) is 0 Å². The molecule has 1 aromatic rings. The Morgan fingerprint density at radius 3 is 2.64 bits per heavy atom. The molecule has 1 heterocycles. The van der Waals surface area contributed by atoms with Crippen LogP contribution in [0.3, 0.4) is 0 Å². The van der Waals surface area contributed by atoms with Gasteiger partial charge in [-0.1, -0.05) is 46.4 Å². The average molecular weight is 346 g/mol. The first-order chi connectivity index (χ1) is 12.2. The lowest BCUT2D eigenvalue weighted by molar-refractivity contribution is -0.112. The molecule has 138 valence electrons. The summed E-state index contributed by atoms with van der Waals surface area (Å²) in [4.78, 5) is 12.1. The lowest BCUT2D eigenvalue weighted by Crippen LogP contribution is -2.41. The van der Waals surface area contributed by atoms with Crippen LogP contribution >= 0.6 is 0 Å². The number of rotatable bonds is 5. The van der Waals surface area contributed by atoms with E-state index in [9.17, 15) is 9.82 Å². The molecule has 0 atom stereocenters. The second kappa shape index (κ2) is 13.3. The Labute approximate surface area is 152 Å². The smallest absolute Gasteiger partial charge is 0.423 e. The topological polar surface area (TPSA) is 70.6 Å². The lowest BCUT2D eigenvalue weighted by atomic mass is 9.73. The molecule has 0 aliphatic carbocycles. The van der Waals surface area contributed by atoms with E-state index in [0.29, 0.717) is 23.3 Å². The predicted octanol–water partition coefficient (Wildman–Crippen LogP) is 2.62. The van der Waals surface area contributed by atoms with Crippen molar-refractivity contribution in [2.24, 2.45) is 0 Å². The fraction of sp³-hybridized carbons (Fsp3) is 0.421. The van der Waals surface area contributed by atoms with Gasteiger partial charge in [0.05, 0.1) is 5.57 Å². The van der Waals surface area contributed by atoms with E-state index in [-0.39, 0.29) is 5.91 Å². The Morgan fingerprint density at radius 2 is 2.04 bits per heavy atom. The number of hydrogen-bond acceptors (Lipinski definition) is 4. The van der Waals surface area contributed by atoms with Crippen LogP contribution < -0.4 is 16.1 Å². The van der Waals surface area contributed by atoms with E-state index in [1.165, 1.54) is 6.08 Å². The molecule has 25 heavy (non-hydrogen) atoms. The van der Waals surface area contributed by atoms with Crippen molar-refractivity contribution in [3.05, 3.63) is 48.2 Å². The first-order valence-corrected chi connectivity index (χ1v) is 8.95. The Hall–Kier alpha value is -2.05. The maximum Gasteiger partial charge on any atom is 0.491 e. The van der Waals surface area contributed by atoms with Crippen LogP contribution in [0.4, 0.5) is 5.69 Å². The minimum absolute atomic E-state index is 0.253. The molecule has 3 N–H and O–H groups in total. The highest BCUT2D eigenvalue weighted by molar-refractivity contribution is 6.61. The lowest BCUT2D eigenvalue weighted by Gasteiger charge is -2.19. The van der Waals surface area contributed by atoms with Crippen LogP contribution in [0, 0.1) is 0 Å². The highest BCUT2D eigenvalue weighted by atomic mass is 16.5. The molecule has 0 saturated carbocycles. The summed E-state index contributed by atoms with van der Waals surface area (Å²) in [6, 6.07) is 5.46. The van der Waals surface area contributed by atoms with Gasteiger partial charge >= 0.3 is 7.12 Å². The highest BCUT2D eigenvalue weighted by Crippen LogP contribution is 2.13. The van der Waals surface area contributed by atoms with Crippen LogP contribution in [-0.2, 0) is 15.9 Å². The predicted molar refractivity (Wildman–Crippen MR) is 107 cm³/mol. The maximum absolute atomic E-state index is 12.1. The Bertz CT molecular complexity index is 574. The third kappa shape index (κ3) is 7.16. The van der Waals surface area contributed by atoms with Crippen LogP contribution in [0.5, 0.6) is 0 Å². The van der Waals surface area contributed by atoms with Crippen LogP contribution in [-0.4, -0.2) is 31.2 Å². The summed E-state index contributed by atoms with van der Waals surface area (Å²) in [5.74, 6) is -0.253. The number of benzene rings is 1. The van der Waals surface area contributed by atoms with E-state index < -0.39 is 7.12 Å². The van der Waals surface area contributed by atoms with Gasteiger partial charge in [-0.3, -0.25) is 4.79 Å². The number of carbonyl (C=O) groups is 1. The normalized spacial score (nSPS) is 12.6. The molecular weight excluding hydrogens is 315 g/mol. The molecule has 2 rings (SSSR count). The Kier molecular flexibility index (Phi) is 12.2. The Morgan fingerprint density at radius 1 is 1.36 bits per heavy atom. The van der Waals surface area contributed by atoms with Crippen molar-refractivity contribution in [3.8, 4) is 0 Å². The van der Waals surface area contributed by atoms with Gasteiger partial charge in [0.15, 0.2) is 0 Å². The zero-order valence-corrected chi connectivity index (χ0v) is 16.1. The van der Waals surface area contributed by atoms with Gasteiger partial charge in [0, 0.05) is 25.0 Å². The van der Waals surface area contributed by atoms with E-state index in [1.54, 1.807) is 12.3 Å². The molecular formula is C19H31BN2O3. The van der Waals surface area contributed by atoms with E-state index in [0.717, 1.165) is 18.5 Å². The summed E-state index contributed by atoms with van der Waals surface area (Å²) in [5.41, 5.74) is 2.81. The molecule has 1 amide bonds. The second-order valence-electron chi connectivity index (χ2n) is 4.70. The summed E-state index contributed by atoms with van der Waals surface area (Å²) in [5, 5.41) is 15.6. The number of carbonyl (C=O) groups excluding carboxylic acids is 1. The van der Waals surface area contributed by atoms with Crippen molar-refractivity contribution >= 4 is 24.2 Å². The third-order valence-electron chi connectivity index (χ3n) is 3.26. The van der Waals surface area contributed by atoms with E-state index in [4.69, 9.17) is 4.65 Å². The van der Waals surface area contributed by atoms with Crippen LogP contribution in [0.1, 0.15) is 40.2 Å². The number of hydrogen-bond donors (Lipinski definition) is 3. The van der Waals surface area contributed by atoms with E-state index in [1.807, 2.05) is 46.8 Å². The summed E-state index contributed by atoms with van der Waals surface area (Å²) in [7, 11) is -0.929. The first kappa shape index (κ1) is 23.0. The number of anilines is 1. The zero-order valence-electron chi connectivity index (χ0n) is 16.1. The third-order valence-corrected chi connectivity index (χ3v) is 3.26. The first-order valence-electron chi connectivity index (χ1n) is 8.95. The molecule has 0 radical (unpaired) electrons. The van der Waals surface area contributed by atoms with Gasteiger partial charge in [-0.05, 0) is 36.5 Å². The minimum Gasteiger partial charge on any atom is -0.423 e. The molecule has 0 unspecified atom stereocenters.